The molecule has 0 aliphatic carbocycles. The Morgan fingerprint density at radius 2 is 0.600 bits per heavy atom. The first-order valence-electron chi connectivity index (χ1n) is 24.6. The zero-order valence-corrected chi connectivity index (χ0v) is 39.6. The lowest BCUT2D eigenvalue weighted by Crippen LogP contribution is -2.18. The summed E-state index contributed by atoms with van der Waals surface area (Å²) in [7, 11) is -3.94. The smallest absolute Gasteiger partial charge is 0.266 e. The molecule has 3 nitrogen and oxygen atoms in total. The van der Waals surface area contributed by atoms with E-state index in [1.165, 1.54) is 180 Å². The van der Waals surface area contributed by atoms with Crippen molar-refractivity contribution in [2.45, 2.75) is 258 Å². The van der Waals surface area contributed by atoms with Gasteiger partial charge in [-0.3, -0.25) is 4.18 Å². The summed E-state index contributed by atoms with van der Waals surface area (Å²) in [5.41, 5.74) is 0. The second-order valence-electron chi connectivity index (χ2n) is 16.9. The van der Waals surface area contributed by atoms with Crippen LogP contribution in [-0.2, 0) is 14.3 Å². The molecule has 1 aromatic rings. The van der Waals surface area contributed by atoms with Gasteiger partial charge in [-0.15, -0.1) is 0 Å². The highest BCUT2D eigenvalue weighted by atomic mass is 32.3. The minimum absolute atomic E-state index is 0.238. The van der Waals surface area contributed by atoms with E-state index in [1.54, 1.807) is 79.0 Å². The van der Waals surface area contributed by atoms with Gasteiger partial charge in [-0.2, -0.15) is 8.42 Å². The van der Waals surface area contributed by atoms with E-state index >= 15 is 0 Å². The summed E-state index contributed by atoms with van der Waals surface area (Å²) in [6.07, 6.45) is 47.7. The van der Waals surface area contributed by atoms with Crippen LogP contribution in [0.2, 0.25) is 0 Å². The zero-order chi connectivity index (χ0) is 40.4. The Kier molecular flexibility index (Phi) is 41.2. The largest absolute Gasteiger partial charge is 0.296 e. The monoisotopic (exact) mass is 811 g/mol. The molecular weight excluding hydrogens is 713 g/mol. The molecule has 0 saturated carbocycles. The van der Waals surface area contributed by atoms with Crippen LogP contribution in [-0.4, -0.2) is 38.0 Å². The lowest BCUT2D eigenvalue weighted by Gasteiger charge is -2.41. The lowest BCUT2D eigenvalue weighted by molar-refractivity contribution is 0.306. The Hall–Kier alpha value is -0.520. The van der Waals surface area contributed by atoms with Gasteiger partial charge < -0.3 is 0 Å². The van der Waals surface area contributed by atoms with Crippen molar-refractivity contribution in [1.29, 1.82) is 0 Å². The Morgan fingerprint density at radius 3 is 0.891 bits per heavy atom. The molecule has 0 aliphatic rings. The first kappa shape index (κ1) is 54.5. The molecule has 0 bridgehead atoms. The summed E-state index contributed by atoms with van der Waals surface area (Å²) in [4.78, 5) is 0.238. The molecule has 0 spiro atoms. The maximum Gasteiger partial charge on any atom is 0.296 e. The molecule has 0 N–H and O–H groups in total. The van der Waals surface area contributed by atoms with E-state index in [1.807, 2.05) is 0 Å². The molecule has 1 rings (SSSR count). The van der Waals surface area contributed by atoms with Gasteiger partial charge >= 0.3 is 0 Å². The van der Waals surface area contributed by atoms with E-state index in [0.29, 0.717) is 0 Å². The maximum atomic E-state index is 11.9. The summed E-state index contributed by atoms with van der Waals surface area (Å²) in [5.74, 6) is 6.49. The second-order valence-corrected chi connectivity index (χ2v) is 22.6. The molecular formula is C50H98O3S2. The normalized spacial score (nSPS) is 12.2. The topological polar surface area (TPSA) is 43.4 Å². The Bertz CT molecular complexity index is 911. The van der Waals surface area contributed by atoms with Gasteiger partial charge in [0.05, 0.1) is 11.5 Å². The van der Waals surface area contributed by atoms with Crippen LogP contribution < -0.4 is 0 Å². The van der Waals surface area contributed by atoms with Gasteiger partial charge in [-0.05, 0) is 67.2 Å². The maximum absolute atomic E-state index is 11.9. The van der Waals surface area contributed by atoms with Crippen molar-refractivity contribution in [3.05, 3.63) is 30.3 Å². The molecule has 1 aromatic carbocycles. The Labute approximate surface area is 349 Å². The highest BCUT2D eigenvalue weighted by molar-refractivity contribution is 8.33. The average Bonchev–Trinajstić information content (AvgIpc) is 3.19. The van der Waals surface area contributed by atoms with Crippen molar-refractivity contribution in [1.82, 2.24) is 0 Å². The standard InChI is InChI=1S/C32H68S.C18H30O3S/c1-5-9-13-17-21-25-29-33(30-26-22-18-14-10-6-2,31-27-23-19-15-11-7-3)32-28-24-20-16-12-8-4;1-2-3-4-5-6-7-8-9-10-14-17-21-22(19,20)18-15-12-11-13-16-18/h5-32H2,1-4H3;11-13,15-16H,2-10,14,17H2,1H3. The fraction of sp³-hybridized carbons (Fsp3) is 0.880. The summed E-state index contributed by atoms with van der Waals surface area (Å²) < 4.78 is 28.8. The first-order valence-corrected chi connectivity index (χ1v) is 28.3. The van der Waals surface area contributed by atoms with E-state index in [0.717, 1.165) is 12.8 Å². The third-order valence-electron chi connectivity index (χ3n) is 11.5. The number of hydrogen-bond donors (Lipinski definition) is 0. The molecule has 0 unspecified atom stereocenters. The fourth-order valence-corrected chi connectivity index (χ4v) is 13.2. The molecule has 0 aromatic heterocycles. The van der Waals surface area contributed by atoms with Crippen molar-refractivity contribution in [3.63, 3.8) is 0 Å². The average molecular weight is 811 g/mol. The molecule has 0 aliphatic heterocycles. The highest BCUT2D eigenvalue weighted by Crippen LogP contribution is 2.51. The molecule has 55 heavy (non-hydrogen) atoms. The second kappa shape index (κ2) is 41.6. The predicted molar refractivity (Wildman–Crippen MR) is 252 cm³/mol. The van der Waals surface area contributed by atoms with Gasteiger partial charge in [0.1, 0.15) is 0 Å². The lowest BCUT2D eigenvalue weighted by atomic mass is 10.1. The van der Waals surface area contributed by atoms with Gasteiger partial charge in [-0.1, -0.05) is 239 Å². The summed E-state index contributed by atoms with van der Waals surface area (Å²) in [5, 5.41) is 0. The number of unbranched alkanes of at least 4 members (excludes halogenated alkanes) is 29. The fourth-order valence-electron chi connectivity index (χ4n) is 7.78. The van der Waals surface area contributed by atoms with E-state index in [9.17, 15) is 8.42 Å². The molecule has 0 radical (unpaired) electrons. The Balaban J connectivity index is 0.00000115. The molecule has 328 valence electrons. The van der Waals surface area contributed by atoms with Gasteiger partial charge in [0, 0.05) is 0 Å². The molecule has 0 saturated heterocycles. The summed E-state index contributed by atoms with van der Waals surface area (Å²) >= 11 is 0. The van der Waals surface area contributed by atoms with Gasteiger partial charge in [0.2, 0.25) is 0 Å². The highest BCUT2D eigenvalue weighted by Gasteiger charge is 2.23. The predicted octanol–water partition coefficient (Wildman–Crippen LogP) is 17.5. The molecule has 0 atom stereocenters. The SMILES string of the molecule is CCCCCCCCCCCCOS(=O)(=O)c1ccccc1.CCCCCCCCS(CCCCCCCC)(CCCCCCCC)CCCCCCCC. The van der Waals surface area contributed by atoms with Crippen LogP contribution in [0.15, 0.2) is 35.2 Å². The first-order chi connectivity index (χ1) is 26.9. The van der Waals surface area contributed by atoms with Crippen LogP contribution in [0.1, 0.15) is 253 Å². The van der Waals surface area contributed by atoms with Crippen molar-refractivity contribution in [2.24, 2.45) is 0 Å². The molecule has 5 heteroatoms. The van der Waals surface area contributed by atoms with E-state index < -0.39 is 10.1 Å². The van der Waals surface area contributed by atoms with Crippen LogP contribution in [0, 0.1) is 0 Å². The van der Waals surface area contributed by atoms with Crippen molar-refractivity contribution in [3.8, 4) is 0 Å². The summed E-state index contributed by atoms with van der Waals surface area (Å²) in [6.45, 7) is 11.9. The van der Waals surface area contributed by atoms with E-state index in [2.05, 4.69) is 34.6 Å². The van der Waals surface area contributed by atoms with Crippen LogP contribution in [0.4, 0.5) is 0 Å². The van der Waals surface area contributed by atoms with Crippen molar-refractivity contribution >= 4 is 20.1 Å². The van der Waals surface area contributed by atoms with Gasteiger partial charge in [0.15, 0.2) is 0 Å². The Morgan fingerprint density at radius 1 is 0.345 bits per heavy atom. The van der Waals surface area contributed by atoms with Gasteiger partial charge in [0.25, 0.3) is 10.1 Å². The van der Waals surface area contributed by atoms with Crippen LogP contribution >= 0.6 is 10.0 Å². The van der Waals surface area contributed by atoms with E-state index in [-0.39, 0.29) is 21.5 Å². The number of benzene rings is 1. The van der Waals surface area contributed by atoms with Crippen LogP contribution in [0.3, 0.4) is 0 Å². The minimum atomic E-state index is -3.57. The quantitative estimate of drug-likeness (QED) is 0.0489. The van der Waals surface area contributed by atoms with Crippen LogP contribution in [0.25, 0.3) is 0 Å². The minimum Gasteiger partial charge on any atom is -0.266 e. The third-order valence-corrected chi connectivity index (χ3v) is 17.4. The van der Waals surface area contributed by atoms with E-state index in [4.69, 9.17) is 4.18 Å². The molecule has 0 fully saturated rings. The van der Waals surface area contributed by atoms with Crippen molar-refractivity contribution < 1.29 is 12.6 Å². The zero-order valence-electron chi connectivity index (χ0n) is 38.0. The van der Waals surface area contributed by atoms with Crippen molar-refractivity contribution in [2.75, 3.05) is 29.6 Å². The third kappa shape index (κ3) is 35.2. The molecule has 0 amide bonds. The van der Waals surface area contributed by atoms with Gasteiger partial charge in [-0.25, -0.2) is 10.0 Å². The number of hydrogen-bond acceptors (Lipinski definition) is 3. The number of rotatable bonds is 41. The molecule has 0 heterocycles. The summed E-state index contributed by atoms with van der Waals surface area (Å²) in [6, 6.07) is 8.33. The van der Waals surface area contributed by atoms with Crippen LogP contribution in [0.5, 0.6) is 0 Å².